The quantitative estimate of drug-likeness (QED) is 0.633. The van der Waals surface area contributed by atoms with Crippen molar-refractivity contribution >= 4 is 29.2 Å². The number of rotatable bonds is 3. The maximum Gasteiger partial charge on any atom is 0.264 e. The highest BCUT2D eigenvalue weighted by Crippen LogP contribution is 2.41. The Morgan fingerprint density at radius 2 is 1.97 bits per heavy atom. The fraction of sp³-hybridized carbons (Fsp3) is 0.583. The maximum absolute atomic E-state index is 13.7. The molecular formula is C24H30F2N4OS. The van der Waals surface area contributed by atoms with Crippen molar-refractivity contribution in [2.24, 2.45) is 0 Å². The predicted octanol–water partition coefficient (Wildman–Crippen LogP) is 5.19. The average molecular weight is 461 g/mol. The van der Waals surface area contributed by atoms with E-state index in [1.807, 2.05) is 22.7 Å². The van der Waals surface area contributed by atoms with E-state index in [0.717, 1.165) is 72.8 Å². The molecule has 2 aromatic rings. The monoisotopic (exact) mass is 460 g/mol. The number of amides is 1. The molecule has 1 aromatic heterocycles. The van der Waals surface area contributed by atoms with Crippen LogP contribution in [0.5, 0.6) is 0 Å². The van der Waals surface area contributed by atoms with Gasteiger partial charge in [-0.05, 0) is 61.3 Å². The molecule has 0 unspecified atom stereocenters. The molecule has 0 radical (unpaired) electrons. The summed E-state index contributed by atoms with van der Waals surface area (Å²) in [6.07, 6.45) is 2.34. The van der Waals surface area contributed by atoms with Gasteiger partial charge in [-0.15, -0.1) is 0 Å². The molecule has 8 heteroatoms. The van der Waals surface area contributed by atoms with E-state index in [-0.39, 0.29) is 11.5 Å². The van der Waals surface area contributed by atoms with Crippen LogP contribution in [0.4, 0.5) is 20.3 Å². The summed E-state index contributed by atoms with van der Waals surface area (Å²) in [7, 11) is 0. The second-order valence-electron chi connectivity index (χ2n) is 9.12. The number of anilines is 2. The van der Waals surface area contributed by atoms with Crippen LogP contribution in [0.2, 0.25) is 0 Å². The Bertz CT molecular complexity index is 1030. The third-order valence-electron chi connectivity index (χ3n) is 7.12. The number of alkyl halides is 2. The lowest BCUT2D eigenvalue weighted by atomic mass is 9.95. The number of hydrogen-bond donors (Lipinski definition) is 0. The molecule has 172 valence electrons. The van der Waals surface area contributed by atoms with Gasteiger partial charge in [0.2, 0.25) is 5.91 Å². The molecule has 4 heterocycles. The minimum absolute atomic E-state index is 0.0677. The molecule has 0 aliphatic carbocycles. The third kappa shape index (κ3) is 3.80. The largest absolute Gasteiger partial charge is 0.338 e. The molecule has 3 aliphatic heterocycles. The van der Waals surface area contributed by atoms with E-state index in [1.165, 1.54) is 5.69 Å². The minimum atomic E-state index is -2.50. The average Bonchev–Trinajstić information content (AvgIpc) is 3.17. The highest BCUT2D eigenvalue weighted by Gasteiger charge is 2.33. The van der Waals surface area contributed by atoms with Gasteiger partial charge < -0.3 is 9.80 Å². The van der Waals surface area contributed by atoms with E-state index >= 15 is 0 Å². The third-order valence-corrected chi connectivity index (χ3v) is 8.17. The van der Waals surface area contributed by atoms with Gasteiger partial charge in [-0.25, -0.2) is 8.78 Å². The van der Waals surface area contributed by atoms with Crippen molar-refractivity contribution in [3.63, 3.8) is 0 Å². The first-order valence-corrected chi connectivity index (χ1v) is 12.7. The number of aryl methyl sites for hydroxylation is 2. The normalized spacial score (nSPS) is 19.3. The van der Waals surface area contributed by atoms with Crippen molar-refractivity contribution in [3.8, 4) is 0 Å². The molecule has 5 rings (SSSR count). The summed E-state index contributed by atoms with van der Waals surface area (Å²) in [6, 6.07) is 3.97. The molecule has 0 atom stereocenters. The molecule has 0 spiro atoms. The molecule has 1 fully saturated rings. The van der Waals surface area contributed by atoms with Crippen molar-refractivity contribution in [3.05, 3.63) is 40.1 Å². The number of hydrogen-bond acceptors (Lipinski definition) is 4. The van der Waals surface area contributed by atoms with Gasteiger partial charge in [0.15, 0.2) is 5.82 Å². The number of halogens is 2. The molecule has 32 heavy (non-hydrogen) atoms. The van der Waals surface area contributed by atoms with Gasteiger partial charge in [0.25, 0.3) is 6.43 Å². The molecule has 0 bridgehead atoms. The summed E-state index contributed by atoms with van der Waals surface area (Å²) in [4.78, 5) is 16.2. The molecular weight excluding hydrogens is 430 g/mol. The van der Waals surface area contributed by atoms with Crippen LogP contribution in [0.15, 0.2) is 12.1 Å². The number of benzene rings is 1. The Balaban J connectivity index is 1.62. The topological polar surface area (TPSA) is 41.4 Å². The summed E-state index contributed by atoms with van der Waals surface area (Å²) in [5, 5.41) is 5.14. The van der Waals surface area contributed by atoms with Crippen LogP contribution in [0.3, 0.4) is 0 Å². The van der Waals surface area contributed by atoms with Crippen molar-refractivity contribution in [2.75, 3.05) is 29.5 Å². The molecule has 5 nitrogen and oxygen atoms in total. The SMILES string of the molecule is CC(=O)N1CCc2c(c(N3CCCc4cc(C)c(C(F)F)cc43)nn2C2CCSCC2)C1. The summed E-state index contributed by atoms with van der Waals surface area (Å²) in [5.41, 5.74) is 5.02. The number of aromatic nitrogens is 2. The Kier molecular flexibility index (Phi) is 5.90. The molecule has 1 amide bonds. The lowest BCUT2D eigenvalue weighted by Gasteiger charge is -2.33. The molecule has 0 N–H and O–H groups in total. The first kappa shape index (κ1) is 21.7. The van der Waals surface area contributed by atoms with Crippen LogP contribution in [-0.2, 0) is 24.2 Å². The summed E-state index contributed by atoms with van der Waals surface area (Å²) in [5.74, 6) is 3.20. The minimum Gasteiger partial charge on any atom is -0.338 e. The first-order valence-electron chi connectivity index (χ1n) is 11.6. The van der Waals surface area contributed by atoms with E-state index in [2.05, 4.69) is 9.58 Å². The van der Waals surface area contributed by atoms with Gasteiger partial charge in [0.1, 0.15) is 0 Å². The Morgan fingerprint density at radius 1 is 1.19 bits per heavy atom. The van der Waals surface area contributed by atoms with Crippen LogP contribution in [0.25, 0.3) is 0 Å². The second-order valence-corrected chi connectivity index (χ2v) is 10.3. The van der Waals surface area contributed by atoms with E-state index in [4.69, 9.17) is 5.10 Å². The highest BCUT2D eigenvalue weighted by molar-refractivity contribution is 7.99. The summed E-state index contributed by atoms with van der Waals surface area (Å²) in [6.45, 7) is 5.38. The zero-order valence-corrected chi connectivity index (χ0v) is 19.6. The molecule has 1 saturated heterocycles. The van der Waals surface area contributed by atoms with Gasteiger partial charge >= 0.3 is 0 Å². The van der Waals surface area contributed by atoms with Crippen LogP contribution >= 0.6 is 11.8 Å². The molecule has 3 aliphatic rings. The fourth-order valence-corrected chi connectivity index (χ4v) is 6.45. The first-order chi connectivity index (χ1) is 15.4. The van der Waals surface area contributed by atoms with Crippen LogP contribution in [0, 0.1) is 6.92 Å². The lowest BCUT2D eigenvalue weighted by Crippen LogP contribution is -2.36. The number of carbonyl (C=O) groups is 1. The van der Waals surface area contributed by atoms with Crippen LogP contribution < -0.4 is 4.90 Å². The predicted molar refractivity (Wildman–Crippen MR) is 124 cm³/mol. The lowest BCUT2D eigenvalue weighted by molar-refractivity contribution is -0.129. The van der Waals surface area contributed by atoms with Gasteiger partial charge in [0, 0.05) is 48.9 Å². The van der Waals surface area contributed by atoms with Gasteiger partial charge in [-0.3, -0.25) is 9.48 Å². The number of nitrogens with zero attached hydrogens (tertiary/aromatic N) is 4. The summed E-state index contributed by atoms with van der Waals surface area (Å²) >= 11 is 1.99. The van der Waals surface area contributed by atoms with Crippen LogP contribution in [-0.4, -0.2) is 45.2 Å². The zero-order chi connectivity index (χ0) is 22.4. The number of fused-ring (bicyclic) bond motifs is 2. The molecule has 1 aromatic carbocycles. The van der Waals surface area contributed by atoms with Crippen molar-refractivity contribution < 1.29 is 13.6 Å². The van der Waals surface area contributed by atoms with Crippen LogP contribution in [0.1, 0.15) is 66.6 Å². The smallest absolute Gasteiger partial charge is 0.264 e. The van der Waals surface area contributed by atoms with Crippen molar-refractivity contribution in [1.29, 1.82) is 0 Å². The van der Waals surface area contributed by atoms with E-state index in [1.54, 1.807) is 19.9 Å². The fourth-order valence-electron chi connectivity index (χ4n) is 5.37. The van der Waals surface area contributed by atoms with Gasteiger partial charge in [0.05, 0.1) is 12.6 Å². The number of carbonyl (C=O) groups excluding carboxylic acids is 1. The molecule has 0 saturated carbocycles. The Hall–Kier alpha value is -2.09. The van der Waals surface area contributed by atoms with Crippen molar-refractivity contribution in [2.45, 2.75) is 65.0 Å². The Labute approximate surface area is 192 Å². The van der Waals surface area contributed by atoms with Gasteiger partial charge in [-0.2, -0.15) is 16.9 Å². The maximum atomic E-state index is 13.7. The van der Waals surface area contributed by atoms with E-state index in [0.29, 0.717) is 24.7 Å². The van der Waals surface area contributed by atoms with E-state index < -0.39 is 6.43 Å². The highest BCUT2D eigenvalue weighted by atomic mass is 32.2. The summed E-state index contributed by atoms with van der Waals surface area (Å²) < 4.78 is 29.6. The zero-order valence-electron chi connectivity index (χ0n) is 18.7. The Morgan fingerprint density at radius 3 is 2.69 bits per heavy atom. The second kappa shape index (κ2) is 8.69. The van der Waals surface area contributed by atoms with Gasteiger partial charge in [-0.1, -0.05) is 6.07 Å². The standard InChI is InChI=1S/C24H30F2N4OS/c1-15-12-17-4-3-8-29(22(17)13-19(15)23(25)26)24-20-14-28(16(2)31)9-5-21(20)30(27-24)18-6-10-32-11-7-18/h12-13,18,23H,3-11,14H2,1-2H3. The van der Waals surface area contributed by atoms with Crippen molar-refractivity contribution in [1.82, 2.24) is 14.7 Å². The number of thioether (sulfide) groups is 1. The van der Waals surface area contributed by atoms with E-state index in [9.17, 15) is 13.6 Å².